The average molecular weight is 283 g/mol. The van der Waals surface area contributed by atoms with Crippen molar-refractivity contribution in [3.8, 4) is 0 Å². The van der Waals surface area contributed by atoms with Crippen molar-refractivity contribution in [2.45, 2.75) is 30.8 Å². The number of rotatable bonds is 3. The second-order valence-corrected chi connectivity index (χ2v) is 7.33. The van der Waals surface area contributed by atoms with Crippen LogP contribution in [-0.2, 0) is 0 Å². The predicted molar refractivity (Wildman–Crippen MR) is 79.0 cm³/mol. The van der Waals surface area contributed by atoms with Gasteiger partial charge in [-0.1, -0.05) is 30.3 Å². The van der Waals surface area contributed by atoms with Crippen LogP contribution in [0, 0.1) is 5.92 Å². The highest BCUT2D eigenvalue weighted by Crippen LogP contribution is 2.38. The fraction of sp³-hybridized carbons (Fsp3) is 0.400. The Labute approximate surface area is 120 Å². The molecule has 5 heteroatoms. The van der Waals surface area contributed by atoms with Gasteiger partial charge in [-0.25, -0.2) is 9.67 Å². The number of nitrogens with zero attached hydrogens (tertiary/aromatic N) is 3. The molecule has 1 fully saturated rings. The van der Waals surface area contributed by atoms with E-state index in [2.05, 4.69) is 34.3 Å². The summed E-state index contributed by atoms with van der Waals surface area (Å²) in [5.74, 6) is 1.81. The van der Waals surface area contributed by atoms with Gasteiger partial charge in [-0.15, -0.1) is 5.10 Å². The Hall–Kier alpha value is -1.75. The van der Waals surface area contributed by atoms with Gasteiger partial charge in [0.05, 0.1) is 6.04 Å². The molecule has 2 atom stereocenters. The predicted octanol–water partition coefficient (Wildman–Crippen LogP) is 1.27. The maximum absolute atomic E-state index is 12.1. The fourth-order valence-corrected chi connectivity index (χ4v) is 3.87. The van der Waals surface area contributed by atoms with Crippen molar-refractivity contribution in [1.29, 1.82) is 0 Å². The molecule has 0 bridgehead atoms. The summed E-state index contributed by atoms with van der Waals surface area (Å²) >= 11 is 0. The van der Waals surface area contributed by atoms with Crippen LogP contribution in [0.5, 0.6) is 0 Å². The van der Waals surface area contributed by atoms with Gasteiger partial charge >= 0.3 is 0 Å². The third-order valence-electron chi connectivity index (χ3n) is 4.32. The van der Waals surface area contributed by atoms with Crippen LogP contribution in [0.25, 0.3) is 0 Å². The van der Waals surface area contributed by atoms with Crippen molar-refractivity contribution in [3.63, 3.8) is 0 Å². The van der Waals surface area contributed by atoms with Gasteiger partial charge in [0, 0.05) is 21.7 Å². The molecule has 0 saturated heterocycles. The molecule has 2 aliphatic rings. The number of Topliss-reactive ketones (excluding diaryl/α,β-unsaturated/α-hetero) is 1. The van der Waals surface area contributed by atoms with Gasteiger partial charge in [0.15, 0.2) is 0 Å². The van der Waals surface area contributed by atoms with E-state index in [1.54, 1.807) is 0 Å². The highest BCUT2D eigenvalue weighted by Gasteiger charge is 2.37. The maximum Gasteiger partial charge on any atom is 0.217 e. The Bertz CT molecular complexity index is 663. The molecule has 0 radical (unpaired) electrons. The van der Waals surface area contributed by atoms with Crippen molar-refractivity contribution in [1.82, 2.24) is 14.8 Å². The van der Waals surface area contributed by atoms with Crippen LogP contribution >= 0.6 is 0 Å². The van der Waals surface area contributed by atoms with Crippen molar-refractivity contribution >= 4 is 16.0 Å². The number of carbonyl (C=O) groups excluding carboxylic acids is 1. The smallest absolute Gasteiger partial charge is 0.217 e. The Morgan fingerprint density at radius 1 is 1.25 bits per heavy atom. The first-order valence-electron chi connectivity index (χ1n) is 7.29. The Balaban J connectivity index is 1.72. The van der Waals surface area contributed by atoms with Crippen molar-refractivity contribution in [2.75, 3.05) is 0 Å². The molecular formula is C15H17N3OSi. The number of hydrogen-bond donors (Lipinski definition) is 0. The molecule has 4 rings (SSSR count). The van der Waals surface area contributed by atoms with Gasteiger partial charge < -0.3 is 0 Å². The minimum Gasteiger partial charge on any atom is -0.290 e. The minimum absolute atomic E-state index is 0.146. The quantitative estimate of drug-likeness (QED) is 0.629. The van der Waals surface area contributed by atoms with Crippen molar-refractivity contribution in [2.24, 2.45) is 5.92 Å². The molecule has 1 aromatic carbocycles. The molecule has 4 nitrogen and oxygen atoms in total. The zero-order valence-corrected chi connectivity index (χ0v) is 13.5. The summed E-state index contributed by atoms with van der Waals surface area (Å²) in [6.07, 6.45) is 3.09. The molecular weight excluding hydrogens is 266 g/mol. The summed E-state index contributed by atoms with van der Waals surface area (Å²) in [6.45, 7) is 0. The summed E-state index contributed by atoms with van der Waals surface area (Å²) in [6, 6.07) is 10.7. The van der Waals surface area contributed by atoms with Crippen LogP contribution in [-0.4, -0.2) is 30.8 Å². The number of fused-ring (bicyclic) bond motifs is 1. The number of hydrogen-bond acceptors (Lipinski definition) is 3. The van der Waals surface area contributed by atoms with Gasteiger partial charge in [0.2, 0.25) is 11.6 Å². The maximum atomic E-state index is 12.1. The van der Waals surface area contributed by atoms with Gasteiger partial charge in [-0.2, -0.15) is 0 Å². The first-order valence-corrected chi connectivity index (χ1v) is 8.45. The van der Waals surface area contributed by atoms with E-state index >= 15 is 0 Å². The number of ketones is 1. The zero-order chi connectivity index (χ0) is 13.7. The van der Waals surface area contributed by atoms with Gasteiger partial charge in [0.25, 0.3) is 0 Å². The molecule has 1 aliphatic carbocycles. The van der Waals surface area contributed by atoms with E-state index in [1.807, 2.05) is 10.7 Å². The molecule has 102 valence electrons. The molecule has 0 amide bonds. The SMILES string of the molecule is O=C(c1nc2n(n1)[C@H](c1ccccc1)C[C@@H]2[SiH3])C1CC1. The molecule has 0 spiro atoms. The van der Waals surface area contributed by atoms with Gasteiger partial charge in [-0.05, 0) is 24.8 Å². The standard InChI is InChI=1S/C15H17N3OSi/c19-13(10-6-7-10)14-16-15-12(20)8-11(18(15)17-14)9-4-2-1-3-5-9/h1-5,10-12H,6-8H2,20H3/t11-,12-/m0/s1. The van der Waals surface area contributed by atoms with Crippen LogP contribution in [0.3, 0.4) is 0 Å². The Morgan fingerprint density at radius 2 is 2.00 bits per heavy atom. The number of carbonyl (C=O) groups is 1. The lowest BCUT2D eigenvalue weighted by molar-refractivity contribution is 0.0957. The lowest BCUT2D eigenvalue weighted by Gasteiger charge is -2.11. The van der Waals surface area contributed by atoms with Gasteiger partial charge in [0.1, 0.15) is 5.82 Å². The summed E-state index contributed by atoms with van der Waals surface area (Å²) in [4.78, 5) is 16.7. The second kappa shape index (κ2) is 4.38. The number of benzene rings is 1. The van der Waals surface area contributed by atoms with E-state index in [0.717, 1.165) is 35.3 Å². The van der Waals surface area contributed by atoms with E-state index in [0.29, 0.717) is 11.4 Å². The van der Waals surface area contributed by atoms with Crippen molar-refractivity contribution < 1.29 is 4.79 Å². The third kappa shape index (κ3) is 1.84. The highest BCUT2D eigenvalue weighted by atomic mass is 28.1. The lowest BCUT2D eigenvalue weighted by Crippen LogP contribution is -2.10. The fourth-order valence-electron chi connectivity index (χ4n) is 3.03. The molecule has 1 saturated carbocycles. The van der Waals surface area contributed by atoms with Crippen LogP contribution in [0.4, 0.5) is 0 Å². The molecule has 1 aliphatic heterocycles. The summed E-state index contributed by atoms with van der Waals surface area (Å²) in [7, 11) is 1.06. The molecule has 2 aromatic rings. The van der Waals surface area contributed by atoms with E-state index < -0.39 is 0 Å². The monoisotopic (exact) mass is 283 g/mol. The number of aromatic nitrogens is 3. The topological polar surface area (TPSA) is 47.8 Å². The molecule has 20 heavy (non-hydrogen) atoms. The largest absolute Gasteiger partial charge is 0.290 e. The van der Waals surface area contributed by atoms with E-state index in [-0.39, 0.29) is 17.7 Å². The molecule has 0 N–H and O–H groups in total. The first-order chi connectivity index (χ1) is 9.74. The van der Waals surface area contributed by atoms with Crippen LogP contribution < -0.4 is 0 Å². The van der Waals surface area contributed by atoms with Gasteiger partial charge in [-0.3, -0.25) is 4.79 Å². The van der Waals surface area contributed by atoms with Crippen molar-refractivity contribution in [3.05, 3.63) is 47.5 Å². The highest BCUT2D eigenvalue weighted by molar-refractivity contribution is 6.12. The molecule has 1 aromatic heterocycles. The normalized spacial score (nSPS) is 24.8. The summed E-state index contributed by atoms with van der Waals surface area (Å²) in [5.41, 5.74) is 1.76. The molecule has 2 heterocycles. The lowest BCUT2D eigenvalue weighted by atomic mass is 10.1. The zero-order valence-electron chi connectivity index (χ0n) is 11.5. The van der Waals surface area contributed by atoms with E-state index in [1.165, 1.54) is 5.56 Å². The summed E-state index contributed by atoms with van der Waals surface area (Å²) in [5, 5.41) is 4.54. The van der Waals surface area contributed by atoms with E-state index in [4.69, 9.17) is 0 Å². The minimum atomic E-state index is 0.146. The van der Waals surface area contributed by atoms with Crippen LogP contribution in [0.2, 0.25) is 0 Å². The first kappa shape index (κ1) is 12.0. The Kier molecular flexibility index (Phi) is 2.63. The summed E-state index contributed by atoms with van der Waals surface area (Å²) < 4.78 is 2.00. The third-order valence-corrected chi connectivity index (χ3v) is 5.31. The van der Waals surface area contributed by atoms with Crippen LogP contribution in [0.1, 0.15) is 52.9 Å². The Morgan fingerprint density at radius 3 is 2.70 bits per heavy atom. The molecule has 0 unspecified atom stereocenters. The van der Waals surface area contributed by atoms with E-state index in [9.17, 15) is 4.79 Å². The second-order valence-electron chi connectivity index (χ2n) is 5.94. The average Bonchev–Trinajstić information content (AvgIpc) is 3.15. The van der Waals surface area contributed by atoms with Crippen LogP contribution in [0.15, 0.2) is 30.3 Å².